The van der Waals surface area contributed by atoms with Gasteiger partial charge in [0.1, 0.15) is 17.5 Å². The molecule has 19 heavy (non-hydrogen) atoms. The highest BCUT2D eigenvalue weighted by Crippen LogP contribution is 2.38. The summed E-state index contributed by atoms with van der Waals surface area (Å²) in [6.45, 7) is 5.67. The molecule has 2 fully saturated rings. The molecular weight excluding hydrogens is 240 g/mol. The Kier molecular flexibility index (Phi) is 3.82. The number of rotatable bonds is 6. The highest BCUT2D eigenvalue weighted by Gasteiger charge is 2.27. The molecule has 2 aliphatic rings. The van der Waals surface area contributed by atoms with Crippen LogP contribution in [0.4, 0.5) is 11.6 Å². The molecule has 3 rings (SSSR count). The van der Waals surface area contributed by atoms with Gasteiger partial charge in [0.15, 0.2) is 0 Å². The highest BCUT2D eigenvalue weighted by atomic mass is 16.5. The zero-order valence-electron chi connectivity index (χ0n) is 11.5. The second-order valence-corrected chi connectivity index (χ2v) is 5.41. The van der Waals surface area contributed by atoms with E-state index in [4.69, 9.17) is 4.74 Å². The number of nitrogens with one attached hydrogen (secondary N) is 2. The molecule has 0 aromatic carbocycles. The molecule has 104 valence electrons. The van der Waals surface area contributed by atoms with E-state index in [1.54, 1.807) is 0 Å². The fourth-order valence-electron chi connectivity index (χ4n) is 2.35. The summed E-state index contributed by atoms with van der Waals surface area (Å²) in [6, 6.07) is 2.01. The number of hydrogen-bond donors (Lipinski definition) is 2. The summed E-state index contributed by atoms with van der Waals surface area (Å²) in [4.78, 5) is 9.21. The molecule has 1 saturated heterocycles. The molecule has 0 amide bonds. The first kappa shape index (κ1) is 12.7. The van der Waals surface area contributed by atoms with Gasteiger partial charge in [0, 0.05) is 37.6 Å². The van der Waals surface area contributed by atoms with E-state index in [0.717, 1.165) is 50.2 Å². The molecule has 1 saturated carbocycles. The zero-order chi connectivity index (χ0) is 13.1. The summed E-state index contributed by atoms with van der Waals surface area (Å²) in [6.07, 6.45) is 3.60. The van der Waals surface area contributed by atoms with E-state index in [1.165, 1.54) is 12.8 Å². The van der Waals surface area contributed by atoms with Crippen molar-refractivity contribution in [1.29, 1.82) is 0 Å². The summed E-state index contributed by atoms with van der Waals surface area (Å²) >= 11 is 0. The number of ether oxygens (including phenoxy) is 1. The van der Waals surface area contributed by atoms with Crippen molar-refractivity contribution in [2.24, 2.45) is 5.92 Å². The maximum Gasteiger partial charge on any atom is 0.136 e. The zero-order valence-corrected chi connectivity index (χ0v) is 11.5. The van der Waals surface area contributed by atoms with Gasteiger partial charge < -0.3 is 15.4 Å². The molecule has 2 N–H and O–H groups in total. The van der Waals surface area contributed by atoms with Crippen LogP contribution >= 0.6 is 0 Å². The Bertz CT molecular complexity index is 427. The van der Waals surface area contributed by atoms with Gasteiger partial charge in [-0.05, 0) is 26.2 Å². The predicted molar refractivity (Wildman–Crippen MR) is 75.6 cm³/mol. The monoisotopic (exact) mass is 262 g/mol. The van der Waals surface area contributed by atoms with E-state index in [9.17, 15) is 0 Å². The highest BCUT2D eigenvalue weighted by molar-refractivity contribution is 5.48. The van der Waals surface area contributed by atoms with Crippen LogP contribution in [-0.4, -0.2) is 36.3 Å². The Balaban J connectivity index is 1.67. The van der Waals surface area contributed by atoms with Crippen LogP contribution < -0.4 is 10.6 Å². The number of hydrogen-bond acceptors (Lipinski definition) is 5. The lowest BCUT2D eigenvalue weighted by Gasteiger charge is -2.12. The summed E-state index contributed by atoms with van der Waals surface area (Å²) in [7, 11) is 0. The van der Waals surface area contributed by atoms with Crippen molar-refractivity contribution < 1.29 is 4.74 Å². The third-order valence-electron chi connectivity index (χ3n) is 3.64. The second kappa shape index (κ2) is 5.74. The van der Waals surface area contributed by atoms with E-state index in [0.29, 0.717) is 11.8 Å². The summed E-state index contributed by atoms with van der Waals surface area (Å²) in [5.74, 6) is 4.06. The van der Waals surface area contributed by atoms with Gasteiger partial charge >= 0.3 is 0 Å². The average Bonchev–Trinajstić information content (AvgIpc) is 3.14. The van der Waals surface area contributed by atoms with Crippen molar-refractivity contribution >= 4 is 11.6 Å². The fraction of sp³-hybridized carbons (Fsp3) is 0.714. The first-order chi connectivity index (χ1) is 9.35. The Morgan fingerprint density at radius 2 is 2.00 bits per heavy atom. The fourth-order valence-corrected chi connectivity index (χ4v) is 2.35. The molecule has 0 bridgehead atoms. The van der Waals surface area contributed by atoms with Crippen LogP contribution in [0.3, 0.4) is 0 Å². The molecule has 1 aliphatic carbocycles. The first-order valence-electron chi connectivity index (χ1n) is 7.29. The van der Waals surface area contributed by atoms with Crippen LogP contribution in [-0.2, 0) is 4.74 Å². The molecular formula is C14H22N4O. The Labute approximate surface area is 114 Å². The maximum absolute atomic E-state index is 5.39. The third-order valence-corrected chi connectivity index (χ3v) is 3.64. The van der Waals surface area contributed by atoms with Crippen molar-refractivity contribution in [3.05, 3.63) is 11.9 Å². The Hall–Kier alpha value is -1.36. The van der Waals surface area contributed by atoms with E-state index < -0.39 is 0 Å². The lowest BCUT2D eigenvalue weighted by atomic mass is 10.1. The van der Waals surface area contributed by atoms with Crippen LogP contribution in [0.1, 0.15) is 37.9 Å². The largest absolute Gasteiger partial charge is 0.381 e. The number of nitrogens with zero attached hydrogens (tertiary/aromatic N) is 2. The van der Waals surface area contributed by atoms with Crippen molar-refractivity contribution in [2.75, 3.05) is 36.9 Å². The minimum Gasteiger partial charge on any atom is -0.381 e. The van der Waals surface area contributed by atoms with Gasteiger partial charge in [0.05, 0.1) is 6.61 Å². The topological polar surface area (TPSA) is 59.1 Å². The van der Waals surface area contributed by atoms with Gasteiger partial charge in [0.2, 0.25) is 0 Å². The molecule has 0 radical (unpaired) electrons. The van der Waals surface area contributed by atoms with E-state index in [-0.39, 0.29) is 0 Å². The Morgan fingerprint density at radius 3 is 2.63 bits per heavy atom. The Morgan fingerprint density at radius 1 is 1.21 bits per heavy atom. The van der Waals surface area contributed by atoms with Crippen LogP contribution in [0.5, 0.6) is 0 Å². The molecule has 1 aromatic rings. The predicted octanol–water partition coefficient (Wildman–Crippen LogP) is 2.23. The van der Waals surface area contributed by atoms with Gasteiger partial charge in [-0.3, -0.25) is 0 Å². The van der Waals surface area contributed by atoms with Gasteiger partial charge in [-0.1, -0.05) is 0 Å². The van der Waals surface area contributed by atoms with E-state index >= 15 is 0 Å². The smallest absolute Gasteiger partial charge is 0.136 e. The van der Waals surface area contributed by atoms with Crippen molar-refractivity contribution in [3.8, 4) is 0 Å². The van der Waals surface area contributed by atoms with Gasteiger partial charge in [0.25, 0.3) is 0 Å². The molecule has 1 unspecified atom stereocenters. The van der Waals surface area contributed by atoms with Gasteiger partial charge in [-0.2, -0.15) is 0 Å². The lowest BCUT2D eigenvalue weighted by Crippen LogP contribution is -2.16. The molecule has 5 nitrogen and oxygen atoms in total. The van der Waals surface area contributed by atoms with Crippen LogP contribution in [0, 0.1) is 5.92 Å². The standard InChI is InChI=1S/C14H22N4O/c1-2-15-12-7-13(16-8-10-5-6-19-9-10)18-14(17-12)11-3-4-11/h7,10-11H,2-6,8-9H2,1H3,(H2,15,16,17,18). The average molecular weight is 262 g/mol. The van der Waals surface area contributed by atoms with Crippen LogP contribution in [0.25, 0.3) is 0 Å². The summed E-state index contributed by atoms with van der Waals surface area (Å²) in [5.41, 5.74) is 0. The number of aromatic nitrogens is 2. The van der Waals surface area contributed by atoms with Gasteiger partial charge in [-0.25, -0.2) is 9.97 Å². The molecule has 1 aliphatic heterocycles. The summed E-state index contributed by atoms with van der Waals surface area (Å²) in [5, 5.41) is 6.72. The van der Waals surface area contributed by atoms with Crippen molar-refractivity contribution in [1.82, 2.24) is 9.97 Å². The maximum atomic E-state index is 5.39. The van der Waals surface area contributed by atoms with Crippen LogP contribution in [0.2, 0.25) is 0 Å². The third kappa shape index (κ3) is 3.35. The van der Waals surface area contributed by atoms with Crippen molar-refractivity contribution in [3.63, 3.8) is 0 Å². The van der Waals surface area contributed by atoms with E-state index in [1.807, 2.05) is 6.07 Å². The second-order valence-electron chi connectivity index (χ2n) is 5.41. The minimum absolute atomic E-state index is 0.578. The normalized spacial score (nSPS) is 22.5. The minimum atomic E-state index is 0.578. The number of anilines is 2. The van der Waals surface area contributed by atoms with Crippen LogP contribution in [0.15, 0.2) is 6.07 Å². The first-order valence-corrected chi connectivity index (χ1v) is 7.29. The molecule has 5 heteroatoms. The lowest BCUT2D eigenvalue weighted by molar-refractivity contribution is 0.187. The molecule has 1 atom stereocenters. The molecule has 2 heterocycles. The molecule has 1 aromatic heterocycles. The van der Waals surface area contributed by atoms with Crippen molar-refractivity contribution in [2.45, 2.75) is 32.1 Å². The summed E-state index contributed by atoms with van der Waals surface area (Å²) < 4.78 is 5.39. The SMILES string of the molecule is CCNc1cc(NCC2CCOC2)nc(C2CC2)n1. The van der Waals surface area contributed by atoms with Gasteiger partial charge in [-0.15, -0.1) is 0 Å². The van der Waals surface area contributed by atoms with E-state index in [2.05, 4.69) is 27.5 Å². The quantitative estimate of drug-likeness (QED) is 0.823. The molecule has 0 spiro atoms.